The van der Waals surface area contributed by atoms with E-state index in [1.807, 2.05) is 24.3 Å². The predicted molar refractivity (Wildman–Crippen MR) is 118 cm³/mol. The van der Waals surface area contributed by atoms with E-state index >= 15 is 0 Å². The number of fused-ring (bicyclic) bond motifs is 1. The van der Waals surface area contributed by atoms with E-state index in [4.69, 9.17) is 5.73 Å². The van der Waals surface area contributed by atoms with Gasteiger partial charge in [0.1, 0.15) is 17.8 Å². The lowest BCUT2D eigenvalue weighted by Gasteiger charge is -2.23. The highest BCUT2D eigenvalue weighted by Gasteiger charge is 2.25. The number of nitrogen functional groups attached to an aromatic ring is 1. The highest BCUT2D eigenvalue weighted by atomic mass is 16.1. The van der Waals surface area contributed by atoms with Crippen LogP contribution in [0, 0.1) is 17.8 Å². The summed E-state index contributed by atoms with van der Waals surface area (Å²) in [6, 6.07) is 8.08. The molecule has 2 fully saturated rings. The summed E-state index contributed by atoms with van der Waals surface area (Å²) >= 11 is 0. The van der Waals surface area contributed by atoms with Crippen LogP contribution in [0.1, 0.15) is 78.9 Å². The molecule has 1 aromatic carbocycles. The number of nitrogens with zero attached hydrogens (tertiary/aromatic N) is 3. The third kappa shape index (κ3) is 3.82. The molecule has 2 aliphatic carbocycles. The van der Waals surface area contributed by atoms with Crippen molar-refractivity contribution in [3.8, 4) is 11.8 Å². The van der Waals surface area contributed by atoms with E-state index in [1.165, 1.54) is 38.4 Å². The van der Waals surface area contributed by atoms with Gasteiger partial charge >= 0.3 is 0 Å². The van der Waals surface area contributed by atoms with Gasteiger partial charge in [0.25, 0.3) is 0 Å². The molecule has 0 unspecified atom stereocenters. The van der Waals surface area contributed by atoms with E-state index in [9.17, 15) is 4.79 Å². The molecule has 2 saturated carbocycles. The number of Topliss-reactive ketones (excluding diaryl/α,β-unsaturated/α-hetero) is 1. The molecule has 3 aromatic rings. The molecule has 0 saturated heterocycles. The number of nitrogens with two attached hydrogens (primary N) is 1. The van der Waals surface area contributed by atoms with E-state index in [1.54, 1.807) is 0 Å². The zero-order chi connectivity index (χ0) is 20.5. The van der Waals surface area contributed by atoms with Crippen LogP contribution in [0.4, 0.5) is 5.82 Å². The van der Waals surface area contributed by atoms with E-state index in [0.29, 0.717) is 24.2 Å². The Kier molecular flexibility index (Phi) is 5.00. The first-order valence-electron chi connectivity index (χ1n) is 11.0. The van der Waals surface area contributed by atoms with E-state index in [0.717, 1.165) is 40.6 Å². The number of hydrogen-bond donors (Lipinski definition) is 1. The molecule has 5 heteroatoms. The topological polar surface area (TPSA) is 73.8 Å². The lowest BCUT2D eigenvalue weighted by Crippen LogP contribution is -2.12. The van der Waals surface area contributed by atoms with Gasteiger partial charge in [0, 0.05) is 29.8 Å². The zero-order valence-electron chi connectivity index (χ0n) is 17.1. The molecule has 30 heavy (non-hydrogen) atoms. The first-order valence-corrected chi connectivity index (χ1v) is 11.0. The smallest absolute Gasteiger partial charge is 0.163 e. The first kappa shape index (κ1) is 18.9. The second-order valence-electron chi connectivity index (χ2n) is 8.60. The van der Waals surface area contributed by atoms with Gasteiger partial charge in [-0.1, -0.05) is 43.2 Å². The Morgan fingerprint density at radius 1 is 1.10 bits per heavy atom. The van der Waals surface area contributed by atoms with Gasteiger partial charge in [-0.25, -0.2) is 9.97 Å². The maximum Gasteiger partial charge on any atom is 0.163 e. The van der Waals surface area contributed by atoms with Crippen LogP contribution in [0.5, 0.6) is 0 Å². The Hall–Kier alpha value is -3.13. The number of rotatable bonds is 4. The number of carbonyl (C=O) groups excluding carboxylic acids is 1. The number of ketones is 1. The van der Waals surface area contributed by atoms with Gasteiger partial charge in [0.15, 0.2) is 5.78 Å². The quantitative estimate of drug-likeness (QED) is 0.501. The molecule has 0 amide bonds. The van der Waals surface area contributed by atoms with Crippen LogP contribution in [0.2, 0.25) is 0 Å². The second kappa shape index (κ2) is 7.95. The minimum absolute atomic E-state index is 0.215. The van der Waals surface area contributed by atoms with Gasteiger partial charge in [-0.2, -0.15) is 0 Å². The third-order valence-electron chi connectivity index (χ3n) is 6.30. The summed E-state index contributed by atoms with van der Waals surface area (Å²) in [5, 5.41) is 0.830. The molecule has 2 aliphatic rings. The van der Waals surface area contributed by atoms with Crippen LogP contribution < -0.4 is 5.73 Å². The minimum Gasteiger partial charge on any atom is -0.383 e. The Bertz CT molecular complexity index is 1160. The van der Waals surface area contributed by atoms with Crippen LogP contribution in [0.3, 0.4) is 0 Å². The standard InChI is InChI=1S/C25H26N4O/c26-24-23-20(15-29(25(23)28-16-27-24)21-7-2-1-3-8-21)12-11-17-5-4-6-19(13-17)22(30)14-18-9-10-18/h4-6,13,15-16,18,21H,1-3,7-10,14H2,(H2,26,27,28). The highest BCUT2D eigenvalue weighted by Crippen LogP contribution is 2.34. The molecule has 0 atom stereocenters. The Balaban J connectivity index is 1.49. The van der Waals surface area contributed by atoms with Gasteiger partial charge in [0.2, 0.25) is 0 Å². The Morgan fingerprint density at radius 2 is 1.93 bits per heavy atom. The van der Waals surface area contributed by atoms with Crippen LogP contribution in [-0.2, 0) is 0 Å². The third-order valence-corrected chi connectivity index (χ3v) is 6.30. The van der Waals surface area contributed by atoms with E-state index in [-0.39, 0.29) is 5.78 Å². The predicted octanol–water partition coefficient (Wildman–Crippen LogP) is 4.90. The number of anilines is 1. The SMILES string of the molecule is Nc1ncnc2c1c(C#Cc1cccc(C(=O)CC3CC3)c1)cn2C1CCCCC1. The summed E-state index contributed by atoms with van der Waals surface area (Å²) in [5.41, 5.74) is 9.52. The molecule has 152 valence electrons. The summed E-state index contributed by atoms with van der Waals surface area (Å²) in [6.07, 6.45) is 12.7. The first-order chi connectivity index (χ1) is 14.7. The zero-order valence-corrected chi connectivity index (χ0v) is 17.1. The van der Waals surface area contributed by atoms with Crippen molar-refractivity contribution in [2.45, 2.75) is 57.4 Å². The summed E-state index contributed by atoms with van der Waals surface area (Å²) in [7, 11) is 0. The van der Waals surface area contributed by atoms with Crippen LogP contribution in [0.25, 0.3) is 11.0 Å². The fourth-order valence-electron chi connectivity index (χ4n) is 4.45. The molecule has 5 rings (SSSR count). The average molecular weight is 399 g/mol. The summed E-state index contributed by atoms with van der Waals surface area (Å²) in [4.78, 5) is 21.2. The minimum atomic E-state index is 0.215. The van der Waals surface area contributed by atoms with E-state index in [2.05, 4.69) is 32.6 Å². The van der Waals surface area contributed by atoms with Gasteiger partial charge in [-0.05, 0) is 43.7 Å². The van der Waals surface area contributed by atoms with Crippen molar-refractivity contribution in [2.24, 2.45) is 5.92 Å². The largest absolute Gasteiger partial charge is 0.383 e. The summed E-state index contributed by atoms with van der Waals surface area (Å²) in [5.74, 6) is 7.78. The Morgan fingerprint density at radius 3 is 2.73 bits per heavy atom. The number of benzene rings is 1. The van der Waals surface area contributed by atoms with Crippen LogP contribution in [0.15, 0.2) is 36.8 Å². The van der Waals surface area contributed by atoms with Crippen molar-refractivity contribution in [3.63, 3.8) is 0 Å². The summed E-state index contributed by atoms with van der Waals surface area (Å²) in [6.45, 7) is 0. The molecule has 2 aromatic heterocycles. The lowest BCUT2D eigenvalue weighted by molar-refractivity contribution is 0.0976. The van der Waals surface area contributed by atoms with Crippen molar-refractivity contribution in [3.05, 3.63) is 53.5 Å². The fourth-order valence-corrected chi connectivity index (χ4v) is 4.45. The van der Waals surface area contributed by atoms with Gasteiger partial charge in [-0.3, -0.25) is 4.79 Å². The average Bonchev–Trinajstić information content (AvgIpc) is 3.51. The van der Waals surface area contributed by atoms with Gasteiger partial charge in [-0.15, -0.1) is 0 Å². The molecule has 0 spiro atoms. The number of aromatic nitrogens is 3. The van der Waals surface area contributed by atoms with Crippen molar-refractivity contribution in [1.29, 1.82) is 0 Å². The number of carbonyl (C=O) groups is 1. The van der Waals surface area contributed by atoms with Crippen LogP contribution in [-0.4, -0.2) is 20.3 Å². The monoisotopic (exact) mass is 398 g/mol. The Labute approximate surface area is 176 Å². The van der Waals surface area contributed by atoms with Gasteiger partial charge < -0.3 is 10.3 Å². The lowest BCUT2D eigenvalue weighted by atomic mass is 9.95. The molecule has 2 heterocycles. The molecular formula is C25H26N4O. The molecule has 2 N–H and O–H groups in total. The molecule has 0 radical (unpaired) electrons. The second-order valence-corrected chi connectivity index (χ2v) is 8.60. The van der Waals surface area contributed by atoms with Crippen LogP contribution >= 0.6 is 0 Å². The maximum absolute atomic E-state index is 12.4. The van der Waals surface area contributed by atoms with E-state index < -0.39 is 0 Å². The summed E-state index contributed by atoms with van der Waals surface area (Å²) < 4.78 is 2.24. The molecule has 0 bridgehead atoms. The van der Waals surface area contributed by atoms with Crippen molar-refractivity contribution in [2.75, 3.05) is 5.73 Å². The molecule has 5 nitrogen and oxygen atoms in total. The molecule has 0 aliphatic heterocycles. The number of hydrogen-bond acceptors (Lipinski definition) is 4. The normalized spacial score (nSPS) is 16.9. The maximum atomic E-state index is 12.4. The van der Waals surface area contributed by atoms with Crippen molar-refractivity contribution in [1.82, 2.24) is 14.5 Å². The highest BCUT2D eigenvalue weighted by molar-refractivity contribution is 5.97. The van der Waals surface area contributed by atoms with Crippen molar-refractivity contribution < 1.29 is 4.79 Å². The van der Waals surface area contributed by atoms with Crippen molar-refractivity contribution >= 4 is 22.6 Å². The van der Waals surface area contributed by atoms with Gasteiger partial charge in [0.05, 0.1) is 10.9 Å². The fraction of sp³-hybridized carbons (Fsp3) is 0.400. The molecular weight excluding hydrogens is 372 g/mol.